The van der Waals surface area contributed by atoms with E-state index in [4.69, 9.17) is 17.0 Å². The van der Waals surface area contributed by atoms with Crippen molar-refractivity contribution in [3.8, 4) is 0 Å². The van der Waals surface area contributed by atoms with Crippen LogP contribution in [0.25, 0.3) is 0 Å². The molecule has 1 unspecified atom stereocenters. The normalized spacial score (nSPS) is 26.1. The fourth-order valence-electron chi connectivity index (χ4n) is 1.24. The van der Waals surface area contributed by atoms with Crippen LogP contribution in [0.4, 0.5) is 0 Å². The minimum atomic E-state index is -0.392. The third-order valence-corrected chi connectivity index (χ3v) is 2.05. The molecular formula is C8H6ClN3O. The first-order valence-electron chi connectivity index (χ1n) is 3.70. The molecule has 13 heavy (non-hydrogen) atoms. The summed E-state index contributed by atoms with van der Waals surface area (Å²) in [5.41, 5.74) is 0.529. The van der Waals surface area contributed by atoms with Gasteiger partial charge in [0.1, 0.15) is 0 Å². The molecule has 0 aromatic rings. The van der Waals surface area contributed by atoms with Crippen LogP contribution in [-0.4, -0.2) is 17.6 Å². The Balaban J connectivity index is 2.44. The highest BCUT2D eigenvalue weighted by Crippen LogP contribution is 2.19. The molecule has 0 radical (unpaired) electrons. The van der Waals surface area contributed by atoms with Crippen molar-refractivity contribution in [1.29, 1.82) is 5.41 Å². The molecule has 1 heterocycles. The largest absolute Gasteiger partial charge is 0.294 e. The second-order valence-corrected chi connectivity index (χ2v) is 3.18. The number of halogens is 1. The number of aliphatic imine (C=N–C) groups is 1. The van der Waals surface area contributed by atoms with Gasteiger partial charge in [-0.2, -0.15) is 0 Å². The average Bonchev–Trinajstić information content (AvgIpc) is 2.02. The van der Waals surface area contributed by atoms with Crippen LogP contribution in [0.15, 0.2) is 28.3 Å². The highest BCUT2D eigenvalue weighted by atomic mass is 35.5. The first-order chi connectivity index (χ1) is 6.16. The first-order valence-corrected chi connectivity index (χ1v) is 4.08. The maximum absolute atomic E-state index is 11.3. The van der Waals surface area contributed by atoms with E-state index < -0.39 is 5.92 Å². The Bertz CT molecular complexity index is 381. The zero-order chi connectivity index (χ0) is 9.42. The number of guanidine groups is 1. The minimum absolute atomic E-state index is 0.132. The molecule has 2 N–H and O–H groups in total. The number of hydrogen-bond acceptors (Lipinski definition) is 2. The topological polar surface area (TPSA) is 65.3 Å². The number of fused-ring (bicyclic) bond motifs is 1. The number of carbonyl (C=O) groups is 1. The molecule has 2 rings (SSSR count). The van der Waals surface area contributed by atoms with Crippen molar-refractivity contribution >= 4 is 29.2 Å². The van der Waals surface area contributed by atoms with Gasteiger partial charge in [-0.3, -0.25) is 15.5 Å². The van der Waals surface area contributed by atoms with Crippen LogP contribution in [0.3, 0.4) is 0 Å². The lowest BCUT2D eigenvalue weighted by Crippen LogP contribution is -2.42. The smallest absolute Gasteiger partial charge is 0.239 e. The zero-order valence-electron chi connectivity index (χ0n) is 6.54. The van der Waals surface area contributed by atoms with Crippen molar-refractivity contribution in [2.24, 2.45) is 10.9 Å². The van der Waals surface area contributed by atoms with Gasteiger partial charge in [-0.15, -0.1) is 0 Å². The van der Waals surface area contributed by atoms with E-state index in [9.17, 15) is 4.79 Å². The number of nitrogens with zero attached hydrogens (tertiary/aromatic N) is 1. The molecule has 0 saturated carbocycles. The highest BCUT2D eigenvalue weighted by Gasteiger charge is 2.27. The van der Waals surface area contributed by atoms with Gasteiger partial charge in [0.05, 0.1) is 11.6 Å². The van der Waals surface area contributed by atoms with Gasteiger partial charge in [0, 0.05) is 5.03 Å². The predicted octanol–water partition coefficient (Wildman–Crippen LogP) is 0.801. The lowest BCUT2D eigenvalue weighted by Gasteiger charge is -2.20. The van der Waals surface area contributed by atoms with Crippen LogP contribution < -0.4 is 5.32 Å². The molecule has 0 aromatic carbocycles. The number of rotatable bonds is 0. The number of allylic oxidation sites excluding steroid dienone is 3. The SMILES string of the molecule is N=C1N=C2C=C(Cl)C=CC2C(=O)N1. The molecule has 5 heteroatoms. The van der Waals surface area contributed by atoms with Gasteiger partial charge >= 0.3 is 0 Å². The van der Waals surface area contributed by atoms with E-state index in [0.717, 1.165) is 0 Å². The summed E-state index contributed by atoms with van der Waals surface area (Å²) in [5.74, 6) is -0.754. The van der Waals surface area contributed by atoms with Crippen LogP contribution in [0.1, 0.15) is 0 Å². The van der Waals surface area contributed by atoms with Crippen molar-refractivity contribution in [2.45, 2.75) is 0 Å². The summed E-state index contributed by atoms with van der Waals surface area (Å²) < 4.78 is 0. The molecule has 0 fully saturated rings. The van der Waals surface area contributed by atoms with Gasteiger partial charge in [0.2, 0.25) is 11.9 Å². The Morgan fingerprint density at radius 3 is 3.15 bits per heavy atom. The van der Waals surface area contributed by atoms with E-state index in [1.807, 2.05) is 0 Å². The van der Waals surface area contributed by atoms with Gasteiger partial charge < -0.3 is 0 Å². The fraction of sp³-hybridized carbons (Fsp3) is 0.125. The Hall–Kier alpha value is -1.42. The summed E-state index contributed by atoms with van der Waals surface area (Å²) in [7, 11) is 0. The maximum Gasteiger partial charge on any atom is 0.239 e. The molecule has 66 valence electrons. The fourth-order valence-corrected chi connectivity index (χ4v) is 1.43. The molecule has 0 aromatic heterocycles. The third-order valence-electron chi connectivity index (χ3n) is 1.82. The van der Waals surface area contributed by atoms with E-state index in [1.54, 1.807) is 18.2 Å². The monoisotopic (exact) mass is 195 g/mol. The van der Waals surface area contributed by atoms with Crippen LogP contribution >= 0.6 is 11.6 Å². The Labute approximate surface area is 79.5 Å². The first kappa shape index (κ1) is 8.19. The van der Waals surface area contributed by atoms with Crippen LogP contribution in [0.2, 0.25) is 0 Å². The summed E-state index contributed by atoms with van der Waals surface area (Å²) in [6.07, 6.45) is 4.92. The Morgan fingerprint density at radius 2 is 2.38 bits per heavy atom. The lowest BCUT2D eigenvalue weighted by molar-refractivity contribution is -0.120. The zero-order valence-corrected chi connectivity index (χ0v) is 7.30. The lowest BCUT2D eigenvalue weighted by atomic mass is 9.96. The van der Waals surface area contributed by atoms with E-state index in [-0.39, 0.29) is 11.9 Å². The van der Waals surface area contributed by atoms with Crippen LogP contribution in [-0.2, 0) is 4.79 Å². The number of hydrogen-bond donors (Lipinski definition) is 2. The van der Waals surface area contributed by atoms with Crippen molar-refractivity contribution < 1.29 is 4.79 Å². The number of carbonyl (C=O) groups excluding carboxylic acids is 1. The van der Waals surface area contributed by atoms with E-state index in [2.05, 4.69) is 10.3 Å². The third kappa shape index (κ3) is 1.40. The van der Waals surface area contributed by atoms with Crippen molar-refractivity contribution in [1.82, 2.24) is 5.32 Å². The summed E-state index contributed by atoms with van der Waals surface area (Å²) in [4.78, 5) is 15.2. The van der Waals surface area contributed by atoms with E-state index >= 15 is 0 Å². The van der Waals surface area contributed by atoms with Crippen molar-refractivity contribution in [3.63, 3.8) is 0 Å². The Kier molecular flexibility index (Phi) is 1.77. The van der Waals surface area contributed by atoms with Gasteiger partial charge in [-0.1, -0.05) is 17.7 Å². The molecule has 1 aliphatic heterocycles. The van der Waals surface area contributed by atoms with Gasteiger partial charge in [-0.25, -0.2) is 4.99 Å². The quantitative estimate of drug-likeness (QED) is 0.590. The molecule has 0 saturated heterocycles. The van der Waals surface area contributed by atoms with E-state index in [0.29, 0.717) is 10.7 Å². The highest BCUT2D eigenvalue weighted by molar-refractivity contribution is 6.35. The summed E-state index contributed by atoms with van der Waals surface area (Å²) in [6, 6.07) is 0. The second-order valence-electron chi connectivity index (χ2n) is 2.74. The van der Waals surface area contributed by atoms with Crippen LogP contribution in [0, 0.1) is 11.3 Å². The molecule has 1 amide bonds. The average molecular weight is 196 g/mol. The number of amides is 1. The molecule has 1 atom stereocenters. The Morgan fingerprint density at radius 1 is 1.62 bits per heavy atom. The predicted molar refractivity (Wildman–Crippen MR) is 49.9 cm³/mol. The van der Waals surface area contributed by atoms with Gasteiger partial charge in [0.15, 0.2) is 0 Å². The second kappa shape index (κ2) is 2.81. The molecule has 2 aliphatic rings. The van der Waals surface area contributed by atoms with Crippen molar-refractivity contribution in [3.05, 3.63) is 23.3 Å². The molecule has 1 aliphatic carbocycles. The minimum Gasteiger partial charge on any atom is -0.294 e. The van der Waals surface area contributed by atoms with Crippen LogP contribution in [0.5, 0.6) is 0 Å². The molecule has 0 bridgehead atoms. The van der Waals surface area contributed by atoms with Gasteiger partial charge in [0.25, 0.3) is 0 Å². The molecular weight excluding hydrogens is 190 g/mol. The maximum atomic E-state index is 11.3. The summed E-state index contributed by atoms with van der Waals surface area (Å²) in [5, 5.41) is 10.0. The number of nitrogens with one attached hydrogen (secondary N) is 2. The van der Waals surface area contributed by atoms with Gasteiger partial charge in [-0.05, 0) is 12.2 Å². The van der Waals surface area contributed by atoms with Crippen molar-refractivity contribution in [2.75, 3.05) is 0 Å². The summed E-state index contributed by atoms with van der Waals surface area (Å²) >= 11 is 5.72. The van der Waals surface area contributed by atoms with E-state index in [1.165, 1.54) is 0 Å². The molecule has 4 nitrogen and oxygen atoms in total. The molecule has 0 spiro atoms. The summed E-state index contributed by atoms with van der Waals surface area (Å²) in [6.45, 7) is 0. The standard InChI is InChI=1S/C8H6ClN3O/c9-4-1-2-5-6(3-4)11-8(10)12-7(5)13/h1-3,5H,(H2,10,12,13).